The number of hydrogen-bond acceptors (Lipinski definition) is 1. The first-order chi connectivity index (χ1) is 12.6. The van der Waals surface area contributed by atoms with Crippen molar-refractivity contribution in [3.63, 3.8) is 0 Å². The maximum Gasteiger partial charge on any atom is 0.322 e. The second kappa shape index (κ2) is 6.67. The third kappa shape index (κ3) is 3.08. The van der Waals surface area contributed by atoms with Crippen molar-refractivity contribution < 1.29 is 9.18 Å². The number of halogens is 1. The summed E-state index contributed by atoms with van der Waals surface area (Å²) in [5.74, 6) is -0.301. The number of fused-ring (bicyclic) bond motifs is 1. The first kappa shape index (κ1) is 16.4. The van der Waals surface area contributed by atoms with Crippen LogP contribution < -0.4 is 5.32 Å². The largest absolute Gasteiger partial charge is 0.348 e. The normalized spacial score (nSPS) is 16.2. The maximum absolute atomic E-state index is 13.8. The molecule has 26 heavy (non-hydrogen) atoms. The molecule has 4 rings (SSSR count). The smallest absolute Gasteiger partial charge is 0.322 e. The summed E-state index contributed by atoms with van der Waals surface area (Å²) >= 11 is 0. The van der Waals surface area contributed by atoms with E-state index in [4.69, 9.17) is 0 Å². The average molecular weight is 349 g/mol. The van der Waals surface area contributed by atoms with Crippen LogP contribution >= 0.6 is 0 Å². The van der Waals surface area contributed by atoms with Gasteiger partial charge in [0.25, 0.3) is 0 Å². The molecule has 1 atom stereocenters. The number of urea groups is 1. The van der Waals surface area contributed by atoms with Crippen molar-refractivity contribution in [1.29, 1.82) is 0 Å². The SMILES string of the molecule is Cc1cccc(NC(=O)N2CCn3cccc3C2c2cccc(F)c2)c1. The van der Waals surface area contributed by atoms with Crippen LogP contribution in [0.25, 0.3) is 0 Å². The Kier molecular flexibility index (Phi) is 4.21. The maximum atomic E-state index is 13.8. The Labute approximate surface area is 151 Å². The third-order valence-electron chi connectivity index (χ3n) is 4.73. The Balaban J connectivity index is 1.68. The van der Waals surface area contributed by atoms with E-state index in [1.807, 2.05) is 55.6 Å². The molecule has 0 aliphatic carbocycles. The van der Waals surface area contributed by atoms with Gasteiger partial charge in [0.2, 0.25) is 0 Å². The van der Waals surface area contributed by atoms with E-state index in [9.17, 15) is 9.18 Å². The summed E-state index contributed by atoms with van der Waals surface area (Å²) in [4.78, 5) is 14.8. The zero-order chi connectivity index (χ0) is 18.1. The molecule has 2 aromatic carbocycles. The second-order valence-electron chi connectivity index (χ2n) is 6.58. The molecule has 0 radical (unpaired) electrons. The van der Waals surface area contributed by atoms with Crippen molar-refractivity contribution in [1.82, 2.24) is 9.47 Å². The summed E-state index contributed by atoms with van der Waals surface area (Å²) in [6, 6.07) is 17.6. The van der Waals surface area contributed by atoms with Gasteiger partial charge in [0, 0.05) is 30.7 Å². The van der Waals surface area contributed by atoms with Crippen LogP contribution in [0, 0.1) is 12.7 Å². The van der Waals surface area contributed by atoms with Crippen molar-refractivity contribution in [2.24, 2.45) is 0 Å². The van der Waals surface area contributed by atoms with Gasteiger partial charge in [-0.2, -0.15) is 0 Å². The van der Waals surface area contributed by atoms with E-state index in [0.29, 0.717) is 6.54 Å². The van der Waals surface area contributed by atoms with E-state index in [-0.39, 0.29) is 17.9 Å². The zero-order valence-corrected chi connectivity index (χ0v) is 14.5. The monoisotopic (exact) mass is 349 g/mol. The van der Waals surface area contributed by atoms with Crippen LogP contribution in [0.4, 0.5) is 14.9 Å². The highest BCUT2D eigenvalue weighted by atomic mass is 19.1. The number of carbonyl (C=O) groups excluding carboxylic acids is 1. The van der Waals surface area contributed by atoms with E-state index in [1.54, 1.807) is 11.0 Å². The number of rotatable bonds is 2. The molecule has 0 fully saturated rings. The molecular formula is C21H20FN3O. The number of nitrogens with one attached hydrogen (secondary N) is 1. The van der Waals surface area contributed by atoms with Gasteiger partial charge in [-0.1, -0.05) is 24.3 Å². The van der Waals surface area contributed by atoms with Crippen molar-refractivity contribution in [3.05, 3.63) is 89.5 Å². The molecule has 132 valence electrons. The number of nitrogens with zero attached hydrogens (tertiary/aromatic N) is 2. The molecule has 1 aliphatic heterocycles. The lowest BCUT2D eigenvalue weighted by Gasteiger charge is -2.37. The summed E-state index contributed by atoms with van der Waals surface area (Å²) < 4.78 is 15.9. The van der Waals surface area contributed by atoms with Gasteiger partial charge in [0.05, 0.1) is 6.04 Å². The summed E-state index contributed by atoms with van der Waals surface area (Å²) in [5.41, 5.74) is 3.59. The van der Waals surface area contributed by atoms with Gasteiger partial charge in [-0.25, -0.2) is 9.18 Å². The number of aromatic nitrogens is 1. The Morgan fingerprint density at radius 1 is 1.08 bits per heavy atom. The van der Waals surface area contributed by atoms with E-state index in [0.717, 1.165) is 29.1 Å². The van der Waals surface area contributed by atoms with Crippen molar-refractivity contribution in [2.75, 3.05) is 11.9 Å². The molecule has 2 amide bonds. The van der Waals surface area contributed by atoms with Crippen LogP contribution in [-0.4, -0.2) is 22.0 Å². The molecule has 4 nitrogen and oxygen atoms in total. The topological polar surface area (TPSA) is 37.3 Å². The molecule has 0 saturated heterocycles. The highest BCUT2D eigenvalue weighted by Crippen LogP contribution is 2.33. The Hall–Kier alpha value is -3.08. The lowest BCUT2D eigenvalue weighted by molar-refractivity contribution is 0.181. The molecule has 0 saturated carbocycles. The number of anilines is 1. The van der Waals surface area contributed by atoms with Gasteiger partial charge in [0.1, 0.15) is 5.82 Å². The fourth-order valence-corrected chi connectivity index (χ4v) is 3.55. The second-order valence-corrected chi connectivity index (χ2v) is 6.58. The van der Waals surface area contributed by atoms with Crippen LogP contribution in [-0.2, 0) is 6.54 Å². The minimum atomic E-state index is -0.320. The quantitative estimate of drug-likeness (QED) is 0.723. The van der Waals surface area contributed by atoms with Crippen LogP contribution in [0.5, 0.6) is 0 Å². The number of benzene rings is 2. The Morgan fingerprint density at radius 3 is 2.73 bits per heavy atom. The Morgan fingerprint density at radius 2 is 1.92 bits per heavy atom. The van der Waals surface area contributed by atoms with Crippen LogP contribution in [0.1, 0.15) is 22.9 Å². The van der Waals surface area contributed by atoms with Gasteiger partial charge in [-0.05, 0) is 54.4 Å². The minimum Gasteiger partial charge on any atom is -0.348 e. The number of amides is 2. The van der Waals surface area contributed by atoms with Gasteiger partial charge in [-0.3, -0.25) is 0 Å². The van der Waals surface area contributed by atoms with Crippen LogP contribution in [0.3, 0.4) is 0 Å². The fraction of sp³-hybridized carbons (Fsp3) is 0.190. The lowest BCUT2D eigenvalue weighted by Crippen LogP contribution is -2.44. The van der Waals surface area contributed by atoms with Crippen molar-refractivity contribution in [3.8, 4) is 0 Å². The van der Waals surface area contributed by atoms with E-state index in [2.05, 4.69) is 9.88 Å². The third-order valence-corrected chi connectivity index (χ3v) is 4.73. The van der Waals surface area contributed by atoms with Crippen LogP contribution in [0.2, 0.25) is 0 Å². The minimum absolute atomic E-state index is 0.183. The van der Waals surface area contributed by atoms with Gasteiger partial charge in [-0.15, -0.1) is 0 Å². The molecule has 2 heterocycles. The molecule has 0 bridgehead atoms. The fourth-order valence-electron chi connectivity index (χ4n) is 3.55. The number of aryl methyl sites for hydroxylation is 1. The van der Waals surface area contributed by atoms with E-state index in [1.165, 1.54) is 12.1 Å². The first-order valence-electron chi connectivity index (χ1n) is 8.66. The molecule has 5 heteroatoms. The molecule has 1 unspecified atom stereocenters. The first-order valence-corrected chi connectivity index (χ1v) is 8.66. The summed E-state index contributed by atoms with van der Waals surface area (Å²) in [7, 11) is 0. The van der Waals surface area contributed by atoms with Crippen molar-refractivity contribution in [2.45, 2.75) is 19.5 Å². The van der Waals surface area contributed by atoms with E-state index < -0.39 is 0 Å². The predicted octanol–water partition coefficient (Wildman–Crippen LogP) is 4.57. The number of carbonyl (C=O) groups is 1. The predicted molar refractivity (Wildman–Crippen MR) is 99.6 cm³/mol. The molecule has 0 spiro atoms. The zero-order valence-electron chi connectivity index (χ0n) is 14.5. The van der Waals surface area contributed by atoms with Gasteiger partial charge < -0.3 is 14.8 Å². The van der Waals surface area contributed by atoms with E-state index >= 15 is 0 Å². The average Bonchev–Trinajstić information content (AvgIpc) is 3.09. The highest BCUT2D eigenvalue weighted by Gasteiger charge is 2.32. The van der Waals surface area contributed by atoms with Gasteiger partial charge >= 0.3 is 6.03 Å². The van der Waals surface area contributed by atoms with Crippen LogP contribution in [0.15, 0.2) is 66.9 Å². The standard InChI is InChI=1S/C21H20FN3O/c1-15-5-2-8-18(13-15)23-21(26)25-12-11-24-10-4-9-19(24)20(25)16-6-3-7-17(22)14-16/h2-10,13-14,20H,11-12H2,1H3,(H,23,26). The molecular weight excluding hydrogens is 329 g/mol. The summed E-state index contributed by atoms with van der Waals surface area (Å²) in [5, 5.41) is 2.97. The summed E-state index contributed by atoms with van der Waals surface area (Å²) in [6.07, 6.45) is 2.00. The molecule has 3 aromatic rings. The Bertz CT molecular complexity index is 950. The van der Waals surface area contributed by atoms with Gasteiger partial charge in [0.15, 0.2) is 0 Å². The van der Waals surface area contributed by atoms with Crippen molar-refractivity contribution >= 4 is 11.7 Å². The molecule has 1 N–H and O–H groups in total. The lowest BCUT2D eigenvalue weighted by atomic mass is 10.00. The number of hydrogen-bond donors (Lipinski definition) is 1. The molecule has 1 aromatic heterocycles. The molecule has 1 aliphatic rings. The summed E-state index contributed by atoms with van der Waals surface area (Å²) in [6.45, 7) is 3.26. The highest BCUT2D eigenvalue weighted by molar-refractivity contribution is 5.90.